The van der Waals surface area contributed by atoms with Crippen molar-refractivity contribution in [2.75, 3.05) is 39.3 Å². The highest BCUT2D eigenvalue weighted by atomic mass is 32.1. The number of thiophene rings is 1. The number of para-hydroxylation sites is 2. The summed E-state index contributed by atoms with van der Waals surface area (Å²) in [6, 6.07) is 22.4. The van der Waals surface area contributed by atoms with E-state index in [0.29, 0.717) is 6.61 Å². The van der Waals surface area contributed by atoms with Crippen LogP contribution in [0, 0.1) is 0 Å². The maximum absolute atomic E-state index is 11.1. The third kappa shape index (κ3) is 4.84. The van der Waals surface area contributed by atoms with Gasteiger partial charge in [0.25, 0.3) is 0 Å². The van der Waals surface area contributed by atoms with Gasteiger partial charge in [-0.05, 0) is 42.1 Å². The Morgan fingerprint density at radius 2 is 1.66 bits per heavy atom. The zero-order valence-corrected chi connectivity index (χ0v) is 19.0. The monoisotopic (exact) mass is 450 g/mol. The maximum Gasteiger partial charge on any atom is 0.187 e. The van der Waals surface area contributed by atoms with E-state index in [-0.39, 0.29) is 12.1 Å². The van der Waals surface area contributed by atoms with E-state index in [9.17, 15) is 5.11 Å². The lowest BCUT2D eigenvalue weighted by Gasteiger charge is -2.40. The zero-order chi connectivity index (χ0) is 21.8. The summed E-state index contributed by atoms with van der Waals surface area (Å²) < 4.78 is 12.1. The lowest BCUT2D eigenvalue weighted by molar-refractivity contribution is -0.0498. The number of aliphatic hydroxyl groups is 1. The molecule has 0 bridgehead atoms. The Morgan fingerprint density at radius 1 is 0.906 bits per heavy atom. The molecule has 0 aliphatic carbocycles. The minimum absolute atomic E-state index is 0.0234. The number of piperazine rings is 1. The summed E-state index contributed by atoms with van der Waals surface area (Å²) in [6.45, 7) is 5.45. The lowest BCUT2D eigenvalue weighted by atomic mass is 9.89. The van der Waals surface area contributed by atoms with Crippen LogP contribution in [-0.4, -0.2) is 60.5 Å². The topological polar surface area (TPSA) is 45.2 Å². The molecule has 1 N–H and O–H groups in total. The van der Waals surface area contributed by atoms with Gasteiger partial charge in [0.15, 0.2) is 17.7 Å². The first-order valence-electron chi connectivity index (χ1n) is 11.4. The second-order valence-electron chi connectivity index (χ2n) is 8.47. The van der Waals surface area contributed by atoms with Crippen LogP contribution in [0.4, 0.5) is 0 Å². The molecule has 1 fully saturated rings. The Balaban J connectivity index is 1.16. The Bertz CT molecular complexity index is 974. The molecule has 3 aromatic rings. The number of fused-ring (bicyclic) bond motifs is 1. The van der Waals surface area contributed by atoms with Crippen LogP contribution in [0.3, 0.4) is 0 Å². The molecule has 5 nitrogen and oxygen atoms in total. The molecule has 2 aliphatic heterocycles. The summed E-state index contributed by atoms with van der Waals surface area (Å²) in [7, 11) is 0. The molecule has 32 heavy (non-hydrogen) atoms. The van der Waals surface area contributed by atoms with Crippen molar-refractivity contribution in [3.8, 4) is 11.5 Å². The van der Waals surface area contributed by atoms with Gasteiger partial charge in [0.2, 0.25) is 0 Å². The van der Waals surface area contributed by atoms with Gasteiger partial charge in [-0.2, -0.15) is 0 Å². The summed E-state index contributed by atoms with van der Waals surface area (Å²) in [5.74, 6) is 1.76. The van der Waals surface area contributed by atoms with E-state index in [4.69, 9.17) is 9.47 Å². The summed E-state index contributed by atoms with van der Waals surface area (Å²) in [5.41, 5.74) is 1.21. The predicted molar refractivity (Wildman–Crippen MR) is 127 cm³/mol. The highest BCUT2D eigenvalue weighted by Crippen LogP contribution is 2.36. The van der Waals surface area contributed by atoms with E-state index in [2.05, 4.69) is 34.1 Å². The summed E-state index contributed by atoms with van der Waals surface area (Å²) in [5, 5.41) is 13.1. The zero-order valence-electron chi connectivity index (χ0n) is 18.2. The molecule has 3 unspecified atom stereocenters. The summed E-state index contributed by atoms with van der Waals surface area (Å²) >= 11 is 1.63. The minimum atomic E-state index is -0.466. The number of nitrogens with zero attached hydrogens (tertiary/aromatic N) is 2. The van der Waals surface area contributed by atoms with Crippen molar-refractivity contribution >= 4 is 11.3 Å². The fourth-order valence-electron chi connectivity index (χ4n) is 4.65. The van der Waals surface area contributed by atoms with Crippen LogP contribution in [0.5, 0.6) is 11.5 Å². The van der Waals surface area contributed by atoms with Gasteiger partial charge < -0.3 is 19.5 Å². The molecule has 1 aromatic heterocycles. The minimum Gasteiger partial charge on any atom is -0.484 e. The van der Waals surface area contributed by atoms with E-state index in [1.807, 2.05) is 47.8 Å². The van der Waals surface area contributed by atoms with E-state index < -0.39 is 6.10 Å². The van der Waals surface area contributed by atoms with Crippen LogP contribution in [-0.2, 0) is 0 Å². The van der Waals surface area contributed by atoms with Crippen molar-refractivity contribution < 1.29 is 14.6 Å². The van der Waals surface area contributed by atoms with Gasteiger partial charge in [-0.25, -0.2) is 0 Å². The van der Waals surface area contributed by atoms with Crippen molar-refractivity contribution in [1.82, 2.24) is 9.80 Å². The second kappa shape index (κ2) is 10.0. The maximum atomic E-state index is 11.1. The Kier molecular flexibility index (Phi) is 6.74. The van der Waals surface area contributed by atoms with Gasteiger partial charge >= 0.3 is 0 Å². The molecule has 0 spiro atoms. The average molecular weight is 451 g/mol. The molecular formula is C26H30N2O3S. The van der Waals surface area contributed by atoms with E-state index in [1.165, 1.54) is 5.56 Å². The van der Waals surface area contributed by atoms with Crippen LogP contribution < -0.4 is 9.47 Å². The summed E-state index contributed by atoms with van der Waals surface area (Å²) in [4.78, 5) is 5.92. The van der Waals surface area contributed by atoms with Crippen LogP contribution in [0.2, 0.25) is 0 Å². The van der Waals surface area contributed by atoms with Crippen LogP contribution in [0.25, 0.3) is 0 Å². The predicted octanol–water partition coefficient (Wildman–Crippen LogP) is 4.37. The number of ether oxygens (including phenoxy) is 2. The third-order valence-corrected chi connectivity index (χ3v) is 7.45. The van der Waals surface area contributed by atoms with E-state index >= 15 is 0 Å². The highest BCUT2D eigenvalue weighted by molar-refractivity contribution is 7.10. The molecule has 0 radical (unpaired) electrons. The van der Waals surface area contributed by atoms with Crippen molar-refractivity contribution in [1.29, 1.82) is 0 Å². The molecule has 6 heteroatoms. The first-order valence-corrected chi connectivity index (χ1v) is 12.3. The molecule has 1 saturated heterocycles. The van der Waals surface area contributed by atoms with Gasteiger partial charge in [0.1, 0.15) is 6.61 Å². The molecule has 2 aromatic carbocycles. The van der Waals surface area contributed by atoms with Crippen LogP contribution in [0.15, 0.2) is 72.1 Å². The molecular weight excluding hydrogens is 420 g/mol. The summed E-state index contributed by atoms with van der Waals surface area (Å²) in [6.07, 6.45) is 0.441. The Labute approximate surface area is 193 Å². The third-order valence-electron chi connectivity index (χ3n) is 6.51. The standard InChI is InChI=1S/C26H30N2O3S/c29-26(24-11-6-18-32-24)21(20-7-2-1-3-8-20)12-13-27-14-16-28(17-15-27)25-19-30-22-9-4-5-10-23(22)31-25/h1-11,18,21,25-26,29H,12-17,19H2. The van der Waals surface area contributed by atoms with Crippen molar-refractivity contribution in [3.05, 3.63) is 82.6 Å². The normalized spacial score (nSPS) is 21.2. The van der Waals surface area contributed by atoms with Gasteiger partial charge in [0, 0.05) is 37.0 Å². The highest BCUT2D eigenvalue weighted by Gasteiger charge is 2.30. The molecule has 0 amide bonds. The van der Waals surface area contributed by atoms with E-state index in [1.54, 1.807) is 11.3 Å². The second-order valence-corrected chi connectivity index (χ2v) is 9.45. The quantitative estimate of drug-likeness (QED) is 0.579. The molecule has 2 aliphatic rings. The van der Waals surface area contributed by atoms with Crippen molar-refractivity contribution in [2.24, 2.45) is 0 Å². The molecule has 168 valence electrons. The van der Waals surface area contributed by atoms with Crippen LogP contribution >= 0.6 is 11.3 Å². The van der Waals surface area contributed by atoms with Gasteiger partial charge in [-0.15, -0.1) is 11.3 Å². The molecule has 3 atom stereocenters. The first kappa shape index (κ1) is 21.5. The Morgan fingerprint density at radius 3 is 2.41 bits per heavy atom. The first-order chi connectivity index (χ1) is 15.8. The molecule has 5 rings (SSSR count). The lowest BCUT2D eigenvalue weighted by Crippen LogP contribution is -2.54. The van der Waals surface area contributed by atoms with Gasteiger partial charge in [-0.3, -0.25) is 4.90 Å². The van der Waals surface area contributed by atoms with Gasteiger partial charge in [0.05, 0.1) is 6.10 Å². The number of rotatable bonds is 7. The number of hydrogen-bond acceptors (Lipinski definition) is 6. The van der Waals surface area contributed by atoms with Gasteiger partial charge in [-0.1, -0.05) is 48.5 Å². The smallest absolute Gasteiger partial charge is 0.187 e. The number of hydrogen-bond donors (Lipinski definition) is 1. The molecule has 3 heterocycles. The van der Waals surface area contributed by atoms with Crippen LogP contribution in [0.1, 0.15) is 28.9 Å². The van der Waals surface area contributed by atoms with Crippen molar-refractivity contribution in [3.63, 3.8) is 0 Å². The molecule has 0 saturated carbocycles. The fourth-order valence-corrected chi connectivity index (χ4v) is 5.42. The van der Waals surface area contributed by atoms with E-state index in [0.717, 1.165) is 55.5 Å². The van der Waals surface area contributed by atoms with Crippen molar-refractivity contribution in [2.45, 2.75) is 24.7 Å². The number of aliphatic hydroxyl groups excluding tert-OH is 1. The average Bonchev–Trinajstić information content (AvgIpc) is 3.40. The number of benzene rings is 2. The largest absolute Gasteiger partial charge is 0.484 e. The fraction of sp³-hybridized carbons (Fsp3) is 0.385. The SMILES string of the molecule is OC(c1cccs1)C(CCN1CCN(C2COc3ccccc3O2)CC1)c1ccccc1. The Hall–Kier alpha value is -2.38.